The number of imide groups is 1. The van der Waals surface area contributed by atoms with Crippen molar-refractivity contribution >= 4 is 50.9 Å². The SMILES string of the molecule is CCC1=C(C)CN(C(=O)NCCc2ccc(S(=O)(=O)N(I)C(=O)NC3CCCCC3)cc2)C1=O. The van der Waals surface area contributed by atoms with Crippen molar-refractivity contribution in [2.24, 2.45) is 0 Å². The Morgan fingerprint density at radius 3 is 2.38 bits per heavy atom. The molecule has 1 aliphatic heterocycles. The van der Waals surface area contributed by atoms with Crippen molar-refractivity contribution in [1.29, 1.82) is 0 Å². The van der Waals surface area contributed by atoms with E-state index in [0.717, 1.165) is 45.8 Å². The second kappa shape index (κ2) is 11.5. The molecule has 1 aliphatic carbocycles. The van der Waals surface area contributed by atoms with Crippen LogP contribution in [0.3, 0.4) is 0 Å². The average molecular weight is 602 g/mol. The van der Waals surface area contributed by atoms with Gasteiger partial charge in [0.05, 0.1) is 34.3 Å². The highest BCUT2D eigenvalue weighted by atomic mass is 127. The third kappa shape index (κ3) is 6.09. The monoisotopic (exact) mass is 602 g/mol. The maximum absolute atomic E-state index is 12.8. The number of benzene rings is 1. The van der Waals surface area contributed by atoms with Crippen LogP contribution in [0.5, 0.6) is 0 Å². The summed E-state index contributed by atoms with van der Waals surface area (Å²) in [5.41, 5.74) is 2.42. The molecule has 0 spiro atoms. The summed E-state index contributed by atoms with van der Waals surface area (Å²) in [5.74, 6) is -0.247. The van der Waals surface area contributed by atoms with Crippen LogP contribution in [0.1, 0.15) is 57.9 Å². The minimum Gasteiger partial charge on any atom is -0.337 e. The van der Waals surface area contributed by atoms with Gasteiger partial charge in [0.25, 0.3) is 15.9 Å². The van der Waals surface area contributed by atoms with E-state index in [1.165, 1.54) is 39.9 Å². The number of sulfonamides is 1. The zero-order chi connectivity index (χ0) is 24.9. The van der Waals surface area contributed by atoms with Gasteiger partial charge < -0.3 is 10.6 Å². The van der Waals surface area contributed by atoms with E-state index in [0.29, 0.717) is 31.5 Å². The quantitative estimate of drug-likeness (QED) is 0.363. The predicted octanol–water partition coefficient (Wildman–Crippen LogP) is 3.89. The number of rotatable bonds is 7. The molecule has 1 saturated carbocycles. The molecule has 1 aromatic carbocycles. The van der Waals surface area contributed by atoms with E-state index in [-0.39, 0.29) is 16.8 Å². The first-order chi connectivity index (χ1) is 16.1. The minimum atomic E-state index is -3.98. The first-order valence-corrected chi connectivity index (χ1v) is 13.9. The van der Waals surface area contributed by atoms with Crippen LogP contribution in [-0.2, 0) is 21.2 Å². The Morgan fingerprint density at radius 1 is 1.15 bits per heavy atom. The maximum atomic E-state index is 12.8. The van der Waals surface area contributed by atoms with E-state index < -0.39 is 22.1 Å². The summed E-state index contributed by atoms with van der Waals surface area (Å²) in [6, 6.07) is 5.17. The van der Waals surface area contributed by atoms with Gasteiger partial charge in [0.2, 0.25) is 0 Å². The first kappa shape index (κ1) is 26.5. The number of carbonyl (C=O) groups is 3. The van der Waals surface area contributed by atoms with Crippen molar-refractivity contribution in [2.75, 3.05) is 13.1 Å². The first-order valence-electron chi connectivity index (χ1n) is 11.5. The second-order valence-corrected chi connectivity index (χ2v) is 12.0. The number of hydrogen-bond donors (Lipinski definition) is 2. The van der Waals surface area contributed by atoms with Gasteiger partial charge in [0, 0.05) is 18.2 Å². The highest BCUT2D eigenvalue weighted by molar-refractivity contribution is 14.1. The van der Waals surface area contributed by atoms with Gasteiger partial charge in [-0.1, -0.05) is 38.3 Å². The lowest BCUT2D eigenvalue weighted by molar-refractivity contribution is -0.123. The predicted molar refractivity (Wildman–Crippen MR) is 137 cm³/mol. The molecule has 0 aromatic heterocycles. The highest BCUT2D eigenvalue weighted by Gasteiger charge is 2.31. The molecule has 1 heterocycles. The molecule has 2 aliphatic rings. The molecule has 0 saturated heterocycles. The van der Waals surface area contributed by atoms with Gasteiger partial charge in [-0.3, -0.25) is 9.69 Å². The smallest absolute Gasteiger partial charge is 0.337 e. The Kier molecular flexibility index (Phi) is 8.96. The van der Waals surface area contributed by atoms with Crippen LogP contribution in [0, 0.1) is 0 Å². The lowest BCUT2D eigenvalue weighted by atomic mass is 9.96. The molecule has 34 heavy (non-hydrogen) atoms. The molecular formula is C23H31IN4O5S. The number of hydrogen-bond acceptors (Lipinski definition) is 5. The zero-order valence-corrected chi connectivity index (χ0v) is 22.4. The third-order valence-electron chi connectivity index (χ3n) is 6.23. The van der Waals surface area contributed by atoms with Crippen LogP contribution in [0.2, 0.25) is 0 Å². The molecular weight excluding hydrogens is 571 g/mol. The molecule has 9 nitrogen and oxygen atoms in total. The summed E-state index contributed by atoms with van der Waals surface area (Å²) >= 11 is 1.52. The van der Waals surface area contributed by atoms with Crippen LogP contribution in [0.25, 0.3) is 0 Å². The maximum Gasteiger partial charge on any atom is 0.340 e. The molecule has 1 aromatic rings. The van der Waals surface area contributed by atoms with E-state index in [2.05, 4.69) is 10.6 Å². The van der Waals surface area contributed by atoms with Gasteiger partial charge in [-0.15, -0.1) is 0 Å². The van der Waals surface area contributed by atoms with Crippen LogP contribution in [0.4, 0.5) is 9.59 Å². The van der Waals surface area contributed by atoms with E-state index in [1.807, 2.05) is 13.8 Å². The fourth-order valence-electron chi connectivity index (χ4n) is 4.28. The van der Waals surface area contributed by atoms with Crippen LogP contribution < -0.4 is 10.6 Å². The molecule has 1 fully saturated rings. The number of amides is 5. The minimum absolute atomic E-state index is 0.00964. The number of carbonyl (C=O) groups excluding carboxylic acids is 3. The van der Waals surface area contributed by atoms with Crippen LogP contribution in [0.15, 0.2) is 40.3 Å². The number of urea groups is 2. The molecule has 0 bridgehead atoms. The summed E-state index contributed by atoms with van der Waals surface area (Å²) in [7, 11) is -3.98. The number of halogens is 1. The summed E-state index contributed by atoms with van der Waals surface area (Å²) in [6.07, 6.45) is 6.00. The fraction of sp³-hybridized carbons (Fsp3) is 0.522. The fourth-order valence-corrected chi connectivity index (χ4v) is 6.04. The molecule has 186 valence electrons. The molecule has 5 amide bonds. The van der Waals surface area contributed by atoms with Gasteiger partial charge in [0.15, 0.2) is 0 Å². The molecule has 2 N–H and O–H groups in total. The Bertz CT molecular complexity index is 1070. The Hall–Kier alpha value is -2.15. The Morgan fingerprint density at radius 2 is 1.79 bits per heavy atom. The average Bonchev–Trinajstić information content (AvgIpc) is 3.12. The largest absolute Gasteiger partial charge is 0.340 e. The zero-order valence-electron chi connectivity index (χ0n) is 19.5. The molecule has 0 radical (unpaired) electrons. The van der Waals surface area contributed by atoms with Crippen molar-refractivity contribution < 1.29 is 22.8 Å². The van der Waals surface area contributed by atoms with Gasteiger partial charge in [-0.05, 0) is 55.9 Å². The van der Waals surface area contributed by atoms with Crippen molar-refractivity contribution in [1.82, 2.24) is 18.1 Å². The van der Waals surface area contributed by atoms with E-state index in [9.17, 15) is 22.8 Å². The van der Waals surface area contributed by atoms with E-state index in [4.69, 9.17) is 0 Å². The van der Waals surface area contributed by atoms with Gasteiger partial charge >= 0.3 is 12.1 Å². The van der Waals surface area contributed by atoms with Gasteiger partial charge in [-0.25, -0.2) is 18.0 Å². The summed E-state index contributed by atoms with van der Waals surface area (Å²) < 4.78 is 26.4. The molecule has 0 atom stereocenters. The lowest BCUT2D eigenvalue weighted by Crippen LogP contribution is -2.43. The number of nitrogens with one attached hydrogen (secondary N) is 2. The summed E-state index contributed by atoms with van der Waals surface area (Å²) in [5, 5.41) is 5.55. The van der Waals surface area contributed by atoms with Crippen LogP contribution >= 0.6 is 22.9 Å². The van der Waals surface area contributed by atoms with Crippen molar-refractivity contribution in [2.45, 2.75) is 69.7 Å². The summed E-state index contributed by atoms with van der Waals surface area (Å²) in [4.78, 5) is 38.3. The lowest BCUT2D eigenvalue weighted by Gasteiger charge is -2.25. The van der Waals surface area contributed by atoms with Crippen LogP contribution in [-0.4, -0.2) is 52.9 Å². The topological polar surface area (TPSA) is 116 Å². The van der Waals surface area contributed by atoms with E-state index >= 15 is 0 Å². The van der Waals surface area contributed by atoms with Crippen molar-refractivity contribution in [3.05, 3.63) is 41.0 Å². The Balaban J connectivity index is 1.51. The van der Waals surface area contributed by atoms with Crippen molar-refractivity contribution in [3.63, 3.8) is 0 Å². The molecule has 0 unspecified atom stereocenters. The van der Waals surface area contributed by atoms with Gasteiger partial charge in [-0.2, -0.15) is 2.52 Å². The Labute approximate surface area is 214 Å². The number of nitrogens with zero attached hydrogens (tertiary/aromatic N) is 2. The normalized spacial score (nSPS) is 17.1. The van der Waals surface area contributed by atoms with E-state index in [1.54, 1.807) is 12.1 Å². The molecule has 3 rings (SSSR count). The standard InChI is InChI=1S/C23H31IN4O5S/c1-3-20-16(2)15-27(21(20)29)22(30)25-14-13-17-9-11-19(12-10-17)34(32,33)28(24)23(31)26-18-7-5-4-6-8-18/h9-12,18H,3-8,13-15H2,1-2H3,(H,25,30)(H,26,31). The summed E-state index contributed by atoms with van der Waals surface area (Å²) in [6.45, 7) is 4.36. The van der Waals surface area contributed by atoms with Gasteiger partial charge in [0.1, 0.15) is 0 Å². The highest BCUT2D eigenvalue weighted by Crippen LogP contribution is 2.23. The van der Waals surface area contributed by atoms with Crippen molar-refractivity contribution in [3.8, 4) is 0 Å². The second-order valence-electron chi connectivity index (χ2n) is 8.63. The molecule has 11 heteroatoms. The third-order valence-corrected chi connectivity index (χ3v) is 9.68.